The fourth-order valence-corrected chi connectivity index (χ4v) is 5.92. The molecule has 1 aliphatic carbocycles. The molecule has 8 heteroatoms. The number of rotatable bonds is 7. The molecule has 3 N–H and O–H groups in total. The van der Waals surface area contributed by atoms with E-state index in [0.717, 1.165) is 51.5 Å². The second-order valence-corrected chi connectivity index (χ2v) is 11.0. The quantitative estimate of drug-likeness (QED) is 0.638. The smallest absolute Gasteiger partial charge is 0.151 e. The SMILES string of the molecule is CS(=O)(=O)Cc1cc(NC2CCCC2)c2[nH]c(C3=NC(CCO)CS3)cc2c1. The largest absolute Gasteiger partial charge is 0.396 e. The number of aliphatic hydroxyl groups excluding tert-OH is 1. The van der Waals surface area contributed by atoms with Crippen LogP contribution in [0, 0.1) is 0 Å². The molecule has 1 atom stereocenters. The van der Waals surface area contributed by atoms with Crippen molar-refractivity contribution in [1.82, 2.24) is 4.98 Å². The van der Waals surface area contributed by atoms with Crippen LogP contribution in [0.4, 0.5) is 5.69 Å². The van der Waals surface area contributed by atoms with E-state index in [4.69, 9.17) is 10.1 Å². The van der Waals surface area contributed by atoms with Gasteiger partial charge >= 0.3 is 0 Å². The van der Waals surface area contributed by atoms with Gasteiger partial charge in [-0.1, -0.05) is 12.8 Å². The number of hydrogen-bond acceptors (Lipinski definition) is 6. The highest BCUT2D eigenvalue weighted by Crippen LogP contribution is 2.33. The lowest BCUT2D eigenvalue weighted by Gasteiger charge is -2.15. The van der Waals surface area contributed by atoms with Crippen LogP contribution in [-0.2, 0) is 15.6 Å². The number of nitrogens with one attached hydrogen (secondary N) is 2. The molecule has 1 aromatic carbocycles. The lowest BCUT2D eigenvalue weighted by Crippen LogP contribution is -2.15. The van der Waals surface area contributed by atoms with Gasteiger partial charge < -0.3 is 15.4 Å². The molecule has 2 heterocycles. The molecule has 6 nitrogen and oxygen atoms in total. The molecule has 28 heavy (non-hydrogen) atoms. The number of aromatic nitrogens is 1. The Balaban J connectivity index is 1.71. The summed E-state index contributed by atoms with van der Waals surface area (Å²) in [6.07, 6.45) is 6.73. The van der Waals surface area contributed by atoms with Crippen molar-refractivity contribution in [2.45, 2.75) is 49.9 Å². The van der Waals surface area contributed by atoms with E-state index in [1.54, 1.807) is 11.8 Å². The van der Waals surface area contributed by atoms with Crippen molar-refractivity contribution in [1.29, 1.82) is 0 Å². The van der Waals surface area contributed by atoms with Gasteiger partial charge in [0, 0.05) is 30.0 Å². The van der Waals surface area contributed by atoms with E-state index in [-0.39, 0.29) is 18.4 Å². The fourth-order valence-electron chi connectivity index (χ4n) is 4.07. The number of anilines is 1. The standard InChI is InChI=1S/C20H27N3O3S2/c1-28(25,26)12-13-8-14-10-18(20-22-16(6-7-24)11-27-20)23-19(14)17(9-13)21-15-4-2-3-5-15/h8-10,15-16,21,23-24H,2-7,11-12H2,1H3. The minimum atomic E-state index is -3.10. The van der Waals surface area contributed by atoms with Gasteiger partial charge in [-0.15, -0.1) is 11.8 Å². The van der Waals surface area contributed by atoms with Crippen molar-refractivity contribution in [2.24, 2.45) is 4.99 Å². The molecule has 0 amide bonds. The number of nitrogens with zero attached hydrogens (tertiary/aromatic N) is 1. The summed E-state index contributed by atoms with van der Waals surface area (Å²) in [6, 6.07) is 6.60. The maximum Gasteiger partial charge on any atom is 0.151 e. The molecule has 0 saturated heterocycles. The van der Waals surface area contributed by atoms with Gasteiger partial charge in [-0.05, 0) is 43.0 Å². The summed E-state index contributed by atoms with van der Waals surface area (Å²) in [5.41, 5.74) is 3.75. The zero-order valence-electron chi connectivity index (χ0n) is 16.1. The molecule has 1 aliphatic heterocycles. The van der Waals surface area contributed by atoms with Gasteiger partial charge in [0.25, 0.3) is 0 Å². The Morgan fingerprint density at radius 2 is 2.07 bits per heavy atom. The minimum Gasteiger partial charge on any atom is -0.396 e. The summed E-state index contributed by atoms with van der Waals surface area (Å²) >= 11 is 1.70. The lowest BCUT2D eigenvalue weighted by atomic mass is 10.1. The monoisotopic (exact) mass is 421 g/mol. The second kappa shape index (κ2) is 8.08. The second-order valence-electron chi connectivity index (χ2n) is 7.90. The minimum absolute atomic E-state index is 0.0388. The van der Waals surface area contributed by atoms with Gasteiger partial charge in [0.05, 0.1) is 28.7 Å². The first-order valence-corrected chi connectivity index (χ1v) is 12.9. The number of sulfone groups is 1. The molecule has 1 unspecified atom stereocenters. The van der Waals surface area contributed by atoms with Crippen LogP contribution in [0.1, 0.15) is 43.4 Å². The van der Waals surface area contributed by atoms with Crippen LogP contribution >= 0.6 is 11.8 Å². The van der Waals surface area contributed by atoms with Gasteiger partial charge in [-0.25, -0.2) is 8.42 Å². The Kier molecular flexibility index (Phi) is 5.71. The zero-order chi connectivity index (χ0) is 19.7. The van der Waals surface area contributed by atoms with E-state index in [2.05, 4.69) is 16.4 Å². The van der Waals surface area contributed by atoms with Crippen molar-refractivity contribution in [2.75, 3.05) is 23.9 Å². The Morgan fingerprint density at radius 3 is 2.79 bits per heavy atom. The first kappa shape index (κ1) is 19.8. The molecular formula is C20H27N3O3S2. The number of aliphatic hydroxyl groups is 1. The highest BCUT2D eigenvalue weighted by atomic mass is 32.2. The average Bonchev–Trinajstić information content (AvgIpc) is 3.33. The van der Waals surface area contributed by atoms with Crippen LogP contribution in [0.2, 0.25) is 0 Å². The number of fused-ring (bicyclic) bond motifs is 1. The van der Waals surface area contributed by atoms with Gasteiger partial charge in [0.15, 0.2) is 9.84 Å². The number of thioether (sulfide) groups is 1. The van der Waals surface area contributed by atoms with Crippen LogP contribution in [0.3, 0.4) is 0 Å². The number of aliphatic imine (C=N–C) groups is 1. The summed E-state index contributed by atoms with van der Waals surface area (Å²) in [7, 11) is -3.10. The molecule has 1 fully saturated rings. The van der Waals surface area contributed by atoms with E-state index in [9.17, 15) is 8.42 Å². The van der Waals surface area contributed by atoms with Gasteiger partial charge in [0.1, 0.15) is 5.04 Å². The third-order valence-corrected chi connectivity index (χ3v) is 7.34. The maximum atomic E-state index is 11.8. The third kappa shape index (κ3) is 4.55. The van der Waals surface area contributed by atoms with Crippen molar-refractivity contribution in [3.8, 4) is 0 Å². The molecule has 1 saturated carbocycles. The van der Waals surface area contributed by atoms with E-state index >= 15 is 0 Å². The number of hydrogen-bond donors (Lipinski definition) is 3. The normalized spacial score (nSPS) is 20.8. The number of benzene rings is 1. The predicted octanol–water partition coefficient (Wildman–Crippen LogP) is 3.31. The predicted molar refractivity (Wildman–Crippen MR) is 117 cm³/mol. The molecule has 2 aromatic rings. The van der Waals surface area contributed by atoms with Crippen molar-refractivity contribution in [3.05, 3.63) is 29.5 Å². The molecule has 4 rings (SSSR count). The third-order valence-electron chi connectivity index (χ3n) is 5.34. The van der Waals surface area contributed by atoms with E-state index in [0.29, 0.717) is 12.5 Å². The molecule has 2 aliphatic rings. The Hall–Kier alpha value is -1.51. The Labute approximate surface area is 170 Å². The van der Waals surface area contributed by atoms with E-state index < -0.39 is 9.84 Å². The van der Waals surface area contributed by atoms with Crippen LogP contribution in [0.5, 0.6) is 0 Å². The number of aromatic amines is 1. The summed E-state index contributed by atoms with van der Waals surface area (Å²) in [4.78, 5) is 8.24. The van der Waals surface area contributed by atoms with Gasteiger partial charge in [-0.2, -0.15) is 0 Å². The van der Waals surface area contributed by atoms with Crippen molar-refractivity contribution in [3.63, 3.8) is 0 Å². The topological polar surface area (TPSA) is 94.5 Å². The van der Waals surface area contributed by atoms with E-state index in [1.165, 1.54) is 19.1 Å². The Bertz CT molecular complexity index is 992. The van der Waals surface area contributed by atoms with Crippen molar-refractivity contribution >= 4 is 43.2 Å². The molecule has 152 valence electrons. The van der Waals surface area contributed by atoms with Crippen LogP contribution < -0.4 is 5.32 Å². The average molecular weight is 422 g/mol. The van der Waals surface area contributed by atoms with Crippen LogP contribution in [0.25, 0.3) is 10.9 Å². The zero-order valence-corrected chi connectivity index (χ0v) is 17.7. The summed E-state index contributed by atoms with van der Waals surface area (Å²) in [5, 5.41) is 14.8. The molecular weight excluding hydrogens is 394 g/mol. The fraction of sp³-hybridized carbons (Fsp3) is 0.550. The summed E-state index contributed by atoms with van der Waals surface area (Å²) in [6.45, 7) is 0.152. The first-order chi connectivity index (χ1) is 13.4. The van der Waals surface area contributed by atoms with Crippen molar-refractivity contribution < 1.29 is 13.5 Å². The highest BCUT2D eigenvalue weighted by Gasteiger charge is 2.22. The molecule has 0 radical (unpaired) electrons. The highest BCUT2D eigenvalue weighted by molar-refractivity contribution is 8.14. The Morgan fingerprint density at radius 1 is 1.29 bits per heavy atom. The first-order valence-electron chi connectivity index (χ1n) is 9.83. The number of H-pyrrole nitrogens is 1. The molecule has 0 spiro atoms. The van der Waals surface area contributed by atoms with Gasteiger partial charge in [-0.3, -0.25) is 4.99 Å². The molecule has 1 aromatic heterocycles. The maximum absolute atomic E-state index is 11.8. The lowest BCUT2D eigenvalue weighted by molar-refractivity contribution is 0.280. The summed E-state index contributed by atoms with van der Waals surface area (Å²) < 4.78 is 23.7. The molecule has 0 bridgehead atoms. The van der Waals surface area contributed by atoms with Crippen LogP contribution in [-0.4, -0.2) is 54.3 Å². The van der Waals surface area contributed by atoms with Crippen LogP contribution in [0.15, 0.2) is 23.2 Å². The van der Waals surface area contributed by atoms with E-state index in [1.807, 2.05) is 12.1 Å². The summed E-state index contributed by atoms with van der Waals surface area (Å²) in [5.74, 6) is 0.925. The van der Waals surface area contributed by atoms with Gasteiger partial charge in [0.2, 0.25) is 0 Å².